The Balaban J connectivity index is 1.67. The van der Waals surface area contributed by atoms with Gasteiger partial charge < -0.3 is 10.1 Å². The summed E-state index contributed by atoms with van der Waals surface area (Å²) in [4.78, 5) is 21.3. The molecule has 0 fully saturated rings. The predicted octanol–water partition coefficient (Wildman–Crippen LogP) is 4.36. The fourth-order valence-electron chi connectivity index (χ4n) is 2.93. The normalized spacial score (nSPS) is 10.6. The zero-order valence-electron chi connectivity index (χ0n) is 15.5. The van der Waals surface area contributed by atoms with Crippen LogP contribution in [0, 0.1) is 6.92 Å². The number of anilines is 2. The van der Waals surface area contributed by atoms with Crippen LogP contribution in [0.4, 0.5) is 16.3 Å². The molecule has 0 radical (unpaired) electrons. The van der Waals surface area contributed by atoms with Gasteiger partial charge in [0.15, 0.2) is 5.82 Å². The van der Waals surface area contributed by atoms with Gasteiger partial charge in [0.25, 0.3) is 0 Å². The van der Waals surface area contributed by atoms with Crippen molar-refractivity contribution in [2.45, 2.75) is 6.92 Å². The second-order valence-electron chi connectivity index (χ2n) is 6.28. The predicted molar refractivity (Wildman–Crippen MR) is 109 cm³/mol. The lowest BCUT2D eigenvalue weighted by atomic mass is 10.1. The van der Waals surface area contributed by atoms with Gasteiger partial charge >= 0.3 is 6.03 Å². The van der Waals surface area contributed by atoms with E-state index in [1.54, 1.807) is 31.5 Å². The van der Waals surface area contributed by atoms with Gasteiger partial charge in [0.05, 0.1) is 12.8 Å². The van der Waals surface area contributed by atoms with Crippen molar-refractivity contribution < 1.29 is 9.53 Å². The maximum absolute atomic E-state index is 12.6. The van der Waals surface area contributed by atoms with Crippen LogP contribution in [0.2, 0.25) is 0 Å². The molecule has 0 saturated carbocycles. The van der Waals surface area contributed by atoms with Crippen molar-refractivity contribution in [3.63, 3.8) is 0 Å². The quantitative estimate of drug-likeness (QED) is 0.557. The molecule has 0 bridgehead atoms. The van der Waals surface area contributed by atoms with E-state index in [-0.39, 0.29) is 0 Å². The van der Waals surface area contributed by atoms with Crippen molar-refractivity contribution in [3.05, 3.63) is 72.6 Å². The van der Waals surface area contributed by atoms with Gasteiger partial charge in [0.1, 0.15) is 5.75 Å². The Kier molecular flexibility index (Phi) is 4.63. The molecule has 0 aliphatic carbocycles. The molecule has 0 saturated heterocycles. The number of carbonyl (C=O) groups excluding carboxylic acids is 1. The number of hydrogen-bond acceptors (Lipinski definition) is 4. The number of nitrogens with one attached hydrogen (secondary N) is 2. The van der Waals surface area contributed by atoms with Crippen molar-refractivity contribution in [2.24, 2.45) is 0 Å². The van der Waals surface area contributed by atoms with Gasteiger partial charge in [-0.2, -0.15) is 4.98 Å². The van der Waals surface area contributed by atoms with E-state index in [1.807, 2.05) is 53.9 Å². The molecule has 2 amide bonds. The van der Waals surface area contributed by atoms with E-state index in [0.717, 1.165) is 16.8 Å². The summed E-state index contributed by atoms with van der Waals surface area (Å²) in [6.07, 6.45) is 3.54. The van der Waals surface area contributed by atoms with Gasteiger partial charge in [0.2, 0.25) is 5.78 Å². The first-order valence-electron chi connectivity index (χ1n) is 8.76. The van der Waals surface area contributed by atoms with Crippen molar-refractivity contribution in [3.8, 4) is 17.0 Å². The van der Waals surface area contributed by atoms with Gasteiger partial charge in [-0.1, -0.05) is 35.9 Å². The number of methoxy groups -OCH3 is 1. The summed E-state index contributed by atoms with van der Waals surface area (Å²) in [7, 11) is 1.58. The fourth-order valence-corrected chi connectivity index (χ4v) is 2.93. The van der Waals surface area contributed by atoms with Crippen LogP contribution >= 0.6 is 0 Å². The summed E-state index contributed by atoms with van der Waals surface area (Å²) >= 11 is 0. The number of rotatable bonds is 4. The Morgan fingerprint density at radius 1 is 1.07 bits per heavy atom. The molecule has 2 N–H and O–H groups in total. The van der Waals surface area contributed by atoms with Crippen molar-refractivity contribution in [1.82, 2.24) is 14.4 Å². The minimum atomic E-state index is -0.398. The molecule has 7 heteroatoms. The highest BCUT2D eigenvalue weighted by molar-refractivity contribution is 6.01. The number of urea groups is 1. The number of carbonyl (C=O) groups is 1. The third-order valence-corrected chi connectivity index (χ3v) is 4.29. The summed E-state index contributed by atoms with van der Waals surface area (Å²) in [5.74, 6) is 1.60. The summed E-state index contributed by atoms with van der Waals surface area (Å²) in [6.45, 7) is 2.03. The molecular weight excluding hydrogens is 354 g/mol. The topological polar surface area (TPSA) is 80.5 Å². The molecule has 140 valence electrons. The summed E-state index contributed by atoms with van der Waals surface area (Å²) in [6, 6.07) is 16.6. The zero-order chi connectivity index (χ0) is 19.5. The van der Waals surface area contributed by atoms with E-state index < -0.39 is 6.03 Å². The molecule has 4 rings (SSSR count). The number of amides is 2. The average molecular weight is 373 g/mol. The Bertz CT molecular complexity index is 1140. The van der Waals surface area contributed by atoms with Crippen LogP contribution in [0.1, 0.15) is 5.56 Å². The van der Waals surface area contributed by atoms with Gasteiger partial charge in [-0.25, -0.2) is 9.78 Å². The van der Waals surface area contributed by atoms with Gasteiger partial charge in [0, 0.05) is 29.7 Å². The number of aromatic nitrogens is 3. The highest BCUT2D eigenvalue weighted by Gasteiger charge is 2.17. The number of hydrogen-bond donors (Lipinski definition) is 2. The number of nitrogens with zero attached hydrogens (tertiary/aromatic N) is 3. The van der Waals surface area contributed by atoms with Crippen molar-refractivity contribution in [2.75, 3.05) is 17.7 Å². The first-order chi connectivity index (χ1) is 13.6. The second-order valence-corrected chi connectivity index (χ2v) is 6.28. The van der Waals surface area contributed by atoms with Crippen LogP contribution in [-0.2, 0) is 0 Å². The van der Waals surface area contributed by atoms with E-state index in [0.29, 0.717) is 23.0 Å². The molecule has 0 atom stereocenters. The largest absolute Gasteiger partial charge is 0.497 e. The summed E-state index contributed by atoms with van der Waals surface area (Å²) in [5, 5.41) is 5.63. The first-order valence-corrected chi connectivity index (χ1v) is 8.76. The Morgan fingerprint density at radius 3 is 2.68 bits per heavy atom. The SMILES string of the molecule is COc1cccc(NC(=O)Nc2nc3ncccn3c2-c2ccc(C)cc2)c1. The van der Waals surface area contributed by atoms with Crippen molar-refractivity contribution >= 4 is 23.3 Å². The fraction of sp³-hybridized carbons (Fsp3) is 0.0952. The third kappa shape index (κ3) is 3.50. The van der Waals surface area contributed by atoms with E-state index in [2.05, 4.69) is 20.6 Å². The zero-order valence-corrected chi connectivity index (χ0v) is 15.5. The number of benzene rings is 2. The molecule has 2 aromatic carbocycles. The van der Waals surface area contributed by atoms with Crippen LogP contribution in [0.25, 0.3) is 17.0 Å². The van der Waals surface area contributed by atoms with Gasteiger partial charge in [-0.3, -0.25) is 9.72 Å². The standard InChI is InChI=1S/C21H19N5O2/c1-14-7-9-15(10-8-14)18-19(24-20-22-11-4-12-26(18)20)25-21(27)23-16-5-3-6-17(13-16)28-2/h3-13H,1-2H3,(H2,23,25,27). The number of imidazole rings is 1. The summed E-state index contributed by atoms with van der Waals surface area (Å²) < 4.78 is 7.04. The minimum Gasteiger partial charge on any atom is -0.497 e. The molecule has 4 aromatic rings. The Hall–Kier alpha value is -3.87. The molecule has 7 nitrogen and oxygen atoms in total. The lowest BCUT2D eigenvalue weighted by Crippen LogP contribution is -2.20. The van der Waals surface area contributed by atoms with Crippen molar-refractivity contribution in [1.29, 1.82) is 0 Å². The van der Waals surface area contributed by atoms with Gasteiger partial charge in [-0.05, 0) is 25.1 Å². The average Bonchev–Trinajstić information content (AvgIpc) is 3.06. The highest BCUT2D eigenvalue weighted by Crippen LogP contribution is 2.29. The first kappa shape index (κ1) is 17.5. The monoisotopic (exact) mass is 373 g/mol. The molecule has 0 aliphatic heterocycles. The number of ether oxygens (including phenoxy) is 1. The Morgan fingerprint density at radius 2 is 1.89 bits per heavy atom. The molecule has 0 spiro atoms. The molecule has 2 aromatic heterocycles. The smallest absolute Gasteiger partial charge is 0.324 e. The van der Waals surface area contributed by atoms with E-state index in [9.17, 15) is 4.79 Å². The number of aryl methyl sites for hydroxylation is 1. The van der Waals surface area contributed by atoms with Gasteiger partial charge in [-0.15, -0.1) is 0 Å². The van der Waals surface area contributed by atoms with Crippen LogP contribution < -0.4 is 15.4 Å². The van der Waals surface area contributed by atoms with E-state index >= 15 is 0 Å². The van der Waals surface area contributed by atoms with Crippen LogP contribution in [0.3, 0.4) is 0 Å². The third-order valence-electron chi connectivity index (χ3n) is 4.29. The molecular formula is C21H19N5O2. The van der Waals surface area contributed by atoms with Crippen LogP contribution in [0.15, 0.2) is 67.0 Å². The number of fused-ring (bicyclic) bond motifs is 1. The Labute approximate surface area is 162 Å². The van der Waals surface area contributed by atoms with Crippen LogP contribution in [0.5, 0.6) is 5.75 Å². The maximum atomic E-state index is 12.6. The lowest BCUT2D eigenvalue weighted by Gasteiger charge is -2.09. The van der Waals surface area contributed by atoms with Crippen LogP contribution in [-0.4, -0.2) is 27.5 Å². The lowest BCUT2D eigenvalue weighted by molar-refractivity contribution is 0.262. The molecule has 0 unspecified atom stereocenters. The molecule has 2 heterocycles. The molecule has 28 heavy (non-hydrogen) atoms. The minimum absolute atomic E-state index is 0.398. The highest BCUT2D eigenvalue weighted by atomic mass is 16.5. The van der Waals surface area contributed by atoms with E-state index in [1.165, 1.54) is 0 Å². The second kappa shape index (κ2) is 7.40. The van der Waals surface area contributed by atoms with E-state index in [4.69, 9.17) is 4.74 Å². The molecule has 0 aliphatic rings. The maximum Gasteiger partial charge on any atom is 0.324 e. The summed E-state index contributed by atoms with van der Waals surface area (Å²) in [5.41, 5.74) is 3.48.